The van der Waals surface area contributed by atoms with Gasteiger partial charge in [0, 0.05) is 12.7 Å². The Morgan fingerprint density at radius 2 is 2.44 bits per heavy atom. The van der Waals surface area contributed by atoms with Gasteiger partial charge in [-0.05, 0) is 24.0 Å². The largest absolute Gasteiger partial charge is 0.505 e. The Labute approximate surface area is 99.5 Å². The van der Waals surface area contributed by atoms with Crippen molar-refractivity contribution in [2.45, 2.75) is 6.92 Å². The van der Waals surface area contributed by atoms with Crippen LogP contribution >= 0.6 is 11.8 Å². The average molecular weight is 240 g/mol. The highest BCUT2D eigenvalue weighted by molar-refractivity contribution is 7.98. The van der Waals surface area contributed by atoms with E-state index in [1.54, 1.807) is 11.8 Å². The van der Waals surface area contributed by atoms with Crippen molar-refractivity contribution in [3.63, 3.8) is 0 Å². The highest BCUT2D eigenvalue weighted by Gasteiger charge is 2.11. The standard InChI is InChI=1S/C11H16N2O2S/c1-8(7-16-2)5-13-11(15)9-3-4-12-6-10(9)14/h3-4,6,8,14H,5,7H2,1-2H3,(H,13,15). The molecule has 0 radical (unpaired) electrons. The number of hydrogen-bond acceptors (Lipinski definition) is 4. The summed E-state index contributed by atoms with van der Waals surface area (Å²) in [6, 6.07) is 1.50. The molecule has 0 bridgehead atoms. The molecule has 1 heterocycles. The molecule has 16 heavy (non-hydrogen) atoms. The zero-order valence-electron chi connectivity index (χ0n) is 9.43. The minimum atomic E-state index is -0.257. The van der Waals surface area contributed by atoms with Gasteiger partial charge in [-0.3, -0.25) is 9.78 Å². The molecule has 0 fully saturated rings. The van der Waals surface area contributed by atoms with Gasteiger partial charge in [0.25, 0.3) is 5.91 Å². The maximum absolute atomic E-state index is 11.7. The van der Waals surface area contributed by atoms with E-state index in [-0.39, 0.29) is 17.2 Å². The second-order valence-electron chi connectivity index (χ2n) is 3.66. The number of carbonyl (C=O) groups excluding carboxylic acids is 1. The van der Waals surface area contributed by atoms with E-state index < -0.39 is 0 Å². The fourth-order valence-corrected chi connectivity index (χ4v) is 1.97. The lowest BCUT2D eigenvalue weighted by molar-refractivity contribution is 0.0946. The van der Waals surface area contributed by atoms with E-state index >= 15 is 0 Å². The number of carbonyl (C=O) groups is 1. The van der Waals surface area contributed by atoms with Gasteiger partial charge in [-0.1, -0.05) is 6.92 Å². The molecule has 0 spiro atoms. The fourth-order valence-electron chi connectivity index (χ4n) is 1.28. The molecule has 1 atom stereocenters. The zero-order chi connectivity index (χ0) is 12.0. The lowest BCUT2D eigenvalue weighted by atomic mass is 10.2. The van der Waals surface area contributed by atoms with E-state index in [1.807, 2.05) is 6.26 Å². The predicted molar refractivity (Wildman–Crippen MR) is 65.8 cm³/mol. The summed E-state index contributed by atoms with van der Waals surface area (Å²) in [5.74, 6) is 1.08. The molecule has 1 amide bonds. The number of aromatic nitrogens is 1. The first-order valence-corrected chi connectivity index (χ1v) is 6.44. The predicted octanol–water partition coefficient (Wildman–Crippen LogP) is 1.52. The van der Waals surface area contributed by atoms with Gasteiger partial charge >= 0.3 is 0 Å². The van der Waals surface area contributed by atoms with Crippen molar-refractivity contribution in [1.29, 1.82) is 0 Å². The highest BCUT2D eigenvalue weighted by atomic mass is 32.2. The molecule has 0 aliphatic carbocycles. The summed E-state index contributed by atoms with van der Waals surface area (Å²) in [6.45, 7) is 2.69. The molecule has 0 aliphatic heterocycles. The van der Waals surface area contributed by atoms with Crippen LogP contribution in [0.4, 0.5) is 0 Å². The third kappa shape index (κ3) is 3.73. The molecule has 1 aromatic rings. The Balaban J connectivity index is 2.50. The number of aromatic hydroxyl groups is 1. The Hall–Kier alpha value is -1.23. The van der Waals surface area contributed by atoms with Gasteiger partial charge in [0.15, 0.2) is 0 Å². The van der Waals surface area contributed by atoms with E-state index in [1.165, 1.54) is 18.5 Å². The molecular weight excluding hydrogens is 224 g/mol. The third-order valence-electron chi connectivity index (χ3n) is 2.11. The van der Waals surface area contributed by atoms with Gasteiger partial charge in [0.2, 0.25) is 0 Å². The van der Waals surface area contributed by atoms with Gasteiger partial charge < -0.3 is 10.4 Å². The van der Waals surface area contributed by atoms with Gasteiger partial charge in [0.05, 0.1) is 11.8 Å². The number of nitrogens with zero attached hydrogens (tertiary/aromatic N) is 1. The summed E-state index contributed by atoms with van der Waals surface area (Å²) in [7, 11) is 0. The molecule has 4 nitrogen and oxygen atoms in total. The molecule has 0 aliphatic rings. The monoisotopic (exact) mass is 240 g/mol. The number of nitrogens with one attached hydrogen (secondary N) is 1. The summed E-state index contributed by atoms with van der Waals surface area (Å²) in [5.41, 5.74) is 0.270. The fraction of sp³-hybridized carbons (Fsp3) is 0.455. The van der Waals surface area contributed by atoms with Gasteiger partial charge in [-0.25, -0.2) is 0 Å². The van der Waals surface area contributed by atoms with Gasteiger partial charge in [-0.2, -0.15) is 11.8 Å². The number of hydrogen-bond donors (Lipinski definition) is 2. The van der Waals surface area contributed by atoms with Gasteiger partial charge in [0.1, 0.15) is 5.75 Å². The average Bonchev–Trinajstić information content (AvgIpc) is 2.27. The Kier molecular flexibility index (Phi) is 5.11. The van der Waals surface area contributed by atoms with E-state index in [0.717, 1.165) is 5.75 Å². The molecule has 1 aromatic heterocycles. The quantitative estimate of drug-likeness (QED) is 0.819. The van der Waals surface area contributed by atoms with Crippen LogP contribution in [0.15, 0.2) is 18.5 Å². The molecule has 1 rings (SSSR count). The topological polar surface area (TPSA) is 62.2 Å². The SMILES string of the molecule is CSCC(C)CNC(=O)c1ccncc1O. The van der Waals surface area contributed by atoms with Crippen molar-refractivity contribution < 1.29 is 9.90 Å². The van der Waals surface area contributed by atoms with Crippen molar-refractivity contribution in [2.75, 3.05) is 18.6 Å². The van der Waals surface area contributed by atoms with Crippen LogP contribution < -0.4 is 5.32 Å². The summed E-state index contributed by atoms with van der Waals surface area (Å²) in [5, 5.41) is 12.2. The van der Waals surface area contributed by atoms with Crippen molar-refractivity contribution in [3.05, 3.63) is 24.0 Å². The van der Waals surface area contributed by atoms with E-state index in [4.69, 9.17) is 0 Å². The molecule has 0 saturated heterocycles. The first-order valence-electron chi connectivity index (χ1n) is 5.05. The smallest absolute Gasteiger partial charge is 0.255 e. The molecule has 1 unspecified atom stereocenters. The molecular formula is C11H16N2O2S. The van der Waals surface area contributed by atoms with Crippen LogP contribution in [0.25, 0.3) is 0 Å². The molecule has 2 N–H and O–H groups in total. The van der Waals surface area contributed by atoms with Crippen LogP contribution in [0.2, 0.25) is 0 Å². The Morgan fingerprint density at radius 1 is 1.69 bits per heavy atom. The number of amides is 1. The second kappa shape index (κ2) is 6.37. The normalized spacial score (nSPS) is 12.1. The van der Waals surface area contributed by atoms with Crippen molar-refractivity contribution in [1.82, 2.24) is 10.3 Å². The minimum absolute atomic E-state index is 0.0856. The Morgan fingerprint density at radius 3 is 3.06 bits per heavy atom. The van der Waals surface area contributed by atoms with E-state index in [0.29, 0.717) is 12.5 Å². The zero-order valence-corrected chi connectivity index (χ0v) is 10.3. The second-order valence-corrected chi connectivity index (χ2v) is 4.57. The molecule has 88 valence electrons. The van der Waals surface area contributed by atoms with E-state index in [2.05, 4.69) is 17.2 Å². The van der Waals surface area contributed by atoms with Crippen LogP contribution in [0.3, 0.4) is 0 Å². The number of pyridine rings is 1. The maximum atomic E-state index is 11.7. The summed E-state index contributed by atoms with van der Waals surface area (Å²) >= 11 is 1.75. The summed E-state index contributed by atoms with van der Waals surface area (Å²) < 4.78 is 0. The van der Waals surface area contributed by atoms with Crippen LogP contribution in [0.5, 0.6) is 5.75 Å². The van der Waals surface area contributed by atoms with Crippen LogP contribution in [-0.2, 0) is 0 Å². The summed E-state index contributed by atoms with van der Waals surface area (Å²) in [6.07, 6.45) is 4.78. The lowest BCUT2D eigenvalue weighted by Crippen LogP contribution is -2.29. The number of thioether (sulfide) groups is 1. The Bertz CT molecular complexity index is 358. The first kappa shape index (κ1) is 12.8. The molecule has 0 aromatic carbocycles. The molecule has 5 heteroatoms. The highest BCUT2D eigenvalue weighted by Crippen LogP contribution is 2.13. The first-order chi connectivity index (χ1) is 7.65. The van der Waals surface area contributed by atoms with E-state index in [9.17, 15) is 9.90 Å². The maximum Gasteiger partial charge on any atom is 0.255 e. The lowest BCUT2D eigenvalue weighted by Gasteiger charge is -2.11. The van der Waals surface area contributed by atoms with Crippen LogP contribution in [0, 0.1) is 5.92 Å². The summed E-state index contributed by atoms with van der Waals surface area (Å²) in [4.78, 5) is 15.4. The van der Waals surface area contributed by atoms with Crippen molar-refractivity contribution in [3.8, 4) is 5.75 Å². The van der Waals surface area contributed by atoms with Crippen molar-refractivity contribution >= 4 is 17.7 Å². The number of rotatable bonds is 5. The minimum Gasteiger partial charge on any atom is -0.505 e. The third-order valence-corrected chi connectivity index (χ3v) is 3.01. The van der Waals surface area contributed by atoms with Crippen LogP contribution in [0.1, 0.15) is 17.3 Å². The van der Waals surface area contributed by atoms with Crippen molar-refractivity contribution in [2.24, 2.45) is 5.92 Å². The molecule has 0 saturated carbocycles. The van der Waals surface area contributed by atoms with Crippen LogP contribution in [-0.4, -0.2) is 34.6 Å². The van der Waals surface area contributed by atoms with Gasteiger partial charge in [-0.15, -0.1) is 0 Å².